The van der Waals surface area contributed by atoms with Crippen molar-refractivity contribution in [1.29, 1.82) is 0 Å². The first-order valence-corrected chi connectivity index (χ1v) is 7.83. The molecule has 2 aliphatic rings. The minimum absolute atomic E-state index is 0.119. The zero-order chi connectivity index (χ0) is 14.0. The van der Waals surface area contributed by atoms with Gasteiger partial charge in [0.15, 0.2) is 0 Å². The maximum Gasteiger partial charge on any atom is 0.134 e. The van der Waals surface area contributed by atoms with Gasteiger partial charge in [-0.2, -0.15) is 0 Å². The summed E-state index contributed by atoms with van der Waals surface area (Å²) in [7, 11) is 0. The van der Waals surface area contributed by atoms with E-state index in [1.807, 2.05) is 0 Å². The molecule has 0 aliphatic carbocycles. The topological polar surface area (TPSA) is 30.5 Å². The largest absolute Gasteiger partial charge is 0.484 e. The maximum absolute atomic E-state index is 6.36. The number of aryl methyl sites for hydroxylation is 1. The molecule has 0 radical (unpaired) electrons. The number of hydrogen-bond donors (Lipinski definition) is 1. The Balaban J connectivity index is 1.90. The van der Waals surface area contributed by atoms with Crippen LogP contribution in [0.4, 0.5) is 0 Å². The zero-order valence-corrected chi connectivity index (χ0v) is 12.6. The normalized spacial score (nSPS) is 29.0. The summed E-state index contributed by atoms with van der Waals surface area (Å²) in [5.41, 5.74) is 2.49. The lowest BCUT2D eigenvalue weighted by Crippen LogP contribution is -2.49. The molecular formula is C17H25NO2. The van der Waals surface area contributed by atoms with Gasteiger partial charge in [0.1, 0.15) is 11.4 Å². The molecule has 3 nitrogen and oxygen atoms in total. The molecule has 110 valence electrons. The number of hydrogen-bond acceptors (Lipinski definition) is 3. The fourth-order valence-corrected chi connectivity index (χ4v) is 3.36. The molecule has 20 heavy (non-hydrogen) atoms. The van der Waals surface area contributed by atoms with Crippen molar-refractivity contribution in [2.45, 2.75) is 51.2 Å². The summed E-state index contributed by atoms with van der Waals surface area (Å²) in [6, 6.07) is 6.92. The third-order valence-corrected chi connectivity index (χ3v) is 4.37. The highest BCUT2D eigenvalue weighted by molar-refractivity contribution is 5.41. The van der Waals surface area contributed by atoms with Crippen molar-refractivity contribution in [3.63, 3.8) is 0 Å². The second-order valence-corrected chi connectivity index (χ2v) is 6.19. The van der Waals surface area contributed by atoms with Crippen molar-refractivity contribution >= 4 is 0 Å². The fourth-order valence-electron chi connectivity index (χ4n) is 3.36. The minimum atomic E-state index is -0.119. The summed E-state index contributed by atoms with van der Waals surface area (Å²) in [4.78, 5) is 0. The molecule has 3 heteroatoms. The monoisotopic (exact) mass is 275 g/mol. The molecule has 2 heterocycles. The molecule has 1 saturated heterocycles. The average Bonchev–Trinajstić information content (AvgIpc) is 2.46. The third-order valence-electron chi connectivity index (χ3n) is 4.37. The standard InChI is InChI=1S/C17H25NO2/c1-3-8-18-15-11-17(7-4-9-19-12-17)20-16-6-5-13(2)10-14(15)16/h5-6,10,15,18H,3-4,7-9,11-12H2,1-2H3. The van der Waals surface area contributed by atoms with E-state index in [0.717, 1.165) is 51.2 Å². The van der Waals surface area contributed by atoms with E-state index in [2.05, 4.69) is 37.4 Å². The Morgan fingerprint density at radius 1 is 1.40 bits per heavy atom. The minimum Gasteiger partial charge on any atom is -0.484 e. The number of ether oxygens (including phenoxy) is 2. The number of fused-ring (bicyclic) bond motifs is 1. The average molecular weight is 275 g/mol. The van der Waals surface area contributed by atoms with E-state index in [1.54, 1.807) is 0 Å². The highest BCUT2D eigenvalue weighted by Crippen LogP contribution is 2.43. The van der Waals surface area contributed by atoms with Crippen molar-refractivity contribution in [2.75, 3.05) is 19.8 Å². The van der Waals surface area contributed by atoms with Gasteiger partial charge in [0.2, 0.25) is 0 Å². The summed E-state index contributed by atoms with van der Waals surface area (Å²) in [6.07, 6.45) is 4.37. The fraction of sp³-hybridized carbons (Fsp3) is 0.647. The molecule has 0 bridgehead atoms. The summed E-state index contributed by atoms with van der Waals surface area (Å²) in [6.45, 7) is 7.01. The Labute approximate surface area is 121 Å². The first-order valence-electron chi connectivity index (χ1n) is 7.83. The van der Waals surface area contributed by atoms with E-state index in [9.17, 15) is 0 Å². The summed E-state index contributed by atoms with van der Waals surface area (Å²) >= 11 is 0. The number of nitrogens with one attached hydrogen (secondary N) is 1. The van der Waals surface area contributed by atoms with Gasteiger partial charge in [-0.1, -0.05) is 24.6 Å². The Kier molecular flexibility index (Phi) is 3.99. The Bertz CT molecular complexity index is 466. The van der Waals surface area contributed by atoms with E-state index in [1.165, 1.54) is 11.1 Å². The maximum atomic E-state index is 6.36. The van der Waals surface area contributed by atoms with Gasteiger partial charge >= 0.3 is 0 Å². The number of benzene rings is 1. The van der Waals surface area contributed by atoms with Crippen LogP contribution in [0.2, 0.25) is 0 Å². The first-order chi connectivity index (χ1) is 9.72. The molecule has 1 spiro atoms. The molecule has 3 rings (SSSR count). The molecule has 2 unspecified atom stereocenters. The molecule has 2 atom stereocenters. The highest BCUT2D eigenvalue weighted by Gasteiger charge is 2.42. The molecule has 0 aromatic heterocycles. The van der Waals surface area contributed by atoms with Gasteiger partial charge in [0, 0.05) is 24.6 Å². The molecule has 1 aromatic rings. The molecule has 2 aliphatic heterocycles. The molecular weight excluding hydrogens is 250 g/mol. The Morgan fingerprint density at radius 3 is 3.05 bits per heavy atom. The lowest BCUT2D eigenvalue weighted by Gasteiger charge is -2.44. The summed E-state index contributed by atoms with van der Waals surface area (Å²) < 4.78 is 12.1. The van der Waals surface area contributed by atoms with Crippen LogP contribution in [-0.2, 0) is 4.74 Å². The predicted molar refractivity (Wildman–Crippen MR) is 80.2 cm³/mol. The second kappa shape index (κ2) is 5.74. The van der Waals surface area contributed by atoms with Gasteiger partial charge in [0.25, 0.3) is 0 Å². The van der Waals surface area contributed by atoms with Gasteiger partial charge in [-0.25, -0.2) is 0 Å². The molecule has 1 aromatic carbocycles. The van der Waals surface area contributed by atoms with Crippen LogP contribution in [0.15, 0.2) is 18.2 Å². The van der Waals surface area contributed by atoms with Crippen molar-refractivity contribution in [3.8, 4) is 5.75 Å². The Hall–Kier alpha value is -1.06. The molecule has 1 N–H and O–H groups in total. The van der Waals surface area contributed by atoms with E-state index >= 15 is 0 Å². The van der Waals surface area contributed by atoms with Gasteiger partial charge in [-0.3, -0.25) is 0 Å². The lowest BCUT2D eigenvalue weighted by molar-refractivity contribution is -0.0855. The Morgan fingerprint density at radius 2 is 2.30 bits per heavy atom. The van der Waals surface area contributed by atoms with Crippen LogP contribution < -0.4 is 10.1 Å². The highest BCUT2D eigenvalue weighted by atomic mass is 16.5. The molecule has 1 fully saturated rings. The zero-order valence-electron chi connectivity index (χ0n) is 12.6. The van der Waals surface area contributed by atoms with Crippen LogP contribution in [0.3, 0.4) is 0 Å². The van der Waals surface area contributed by atoms with Gasteiger partial charge < -0.3 is 14.8 Å². The van der Waals surface area contributed by atoms with Crippen LogP contribution in [0.5, 0.6) is 5.75 Å². The van der Waals surface area contributed by atoms with Crippen LogP contribution in [0.25, 0.3) is 0 Å². The summed E-state index contributed by atoms with van der Waals surface area (Å²) in [5, 5.41) is 3.69. The van der Waals surface area contributed by atoms with Crippen LogP contribution in [0.1, 0.15) is 49.8 Å². The third kappa shape index (κ3) is 2.70. The van der Waals surface area contributed by atoms with Crippen molar-refractivity contribution < 1.29 is 9.47 Å². The smallest absolute Gasteiger partial charge is 0.134 e. The van der Waals surface area contributed by atoms with E-state index in [0.29, 0.717) is 6.04 Å². The first kappa shape index (κ1) is 13.9. The van der Waals surface area contributed by atoms with Crippen LogP contribution in [0, 0.1) is 6.92 Å². The van der Waals surface area contributed by atoms with Crippen molar-refractivity contribution in [2.24, 2.45) is 0 Å². The van der Waals surface area contributed by atoms with Crippen LogP contribution >= 0.6 is 0 Å². The SMILES string of the molecule is CCCNC1CC2(CCCOC2)Oc2ccc(C)cc21. The molecule has 0 saturated carbocycles. The van der Waals surface area contributed by atoms with E-state index < -0.39 is 0 Å². The van der Waals surface area contributed by atoms with Gasteiger partial charge in [-0.05, 0) is 38.8 Å². The van der Waals surface area contributed by atoms with Crippen molar-refractivity contribution in [1.82, 2.24) is 5.32 Å². The van der Waals surface area contributed by atoms with Gasteiger partial charge in [0.05, 0.1) is 6.61 Å². The lowest BCUT2D eigenvalue weighted by atomic mass is 9.83. The van der Waals surface area contributed by atoms with Crippen LogP contribution in [-0.4, -0.2) is 25.4 Å². The summed E-state index contributed by atoms with van der Waals surface area (Å²) in [5.74, 6) is 1.04. The quantitative estimate of drug-likeness (QED) is 0.917. The van der Waals surface area contributed by atoms with E-state index in [-0.39, 0.29) is 5.60 Å². The van der Waals surface area contributed by atoms with Crippen molar-refractivity contribution in [3.05, 3.63) is 29.3 Å². The second-order valence-electron chi connectivity index (χ2n) is 6.19. The predicted octanol–water partition coefficient (Wildman–Crippen LogP) is 3.37. The number of rotatable bonds is 3. The van der Waals surface area contributed by atoms with E-state index in [4.69, 9.17) is 9.47 Å². The molecule has 0 amide bonds. The van der Waals surface area contributed by atoms with Gasteiger partial charge in [-0.15, -0.1) is 0 Å².